The molecule has 0 rings (SSSR count). The number of phosphoric acid groups is 2. The molecule has 0 spiro atoms. The predicted molar refractivity (Wildman–Crippen MR) is 399 cm³/mol. The molecule has 97 heavy (non-hydrogen) atoms. The third-order valence-corrected chi connectivity index (χ3v) is 16.9. The lowest BCUT2D eigenvalue weighted by atomic mass is 10.1. The van der Waals surface area contributed by atoms with Crippen LogP contribution in [0.25, 0.3) is 0 Å². The van der Waals surface area contributed by atoms with Crippen molar-refractivity contribution in [3.05, 3.63) is 146 Å². The molecule has 0 aliphatic carbocycles. The van der Waals surface area contributed by atoms with Crippen LogP contribution in [0.1, 0.15) is 278 Å². The first-order valence-corrected chi connectivity index (χ1v) is 40.1. The summed E-state index contributed by atoms with van der Waals surface area (Å²) < 4.78 is 61.0. The fourth-order valence-corrected chi connectivity index (χ4v) is 10.9. The molecule has 0 amide bonds. The summed E-state index contributed by atoms with van der Waals surface area (Å²) in [5, 5.41) is 20.6. The summed E-state index contributed by atoms with van der Waals surface area (Å²) in [6.45, 7) is 2.40. The summed E-state index contributed by atoms with van der Waals surface area (Å²) in [6.07, 6.45) is 86.1. The zero-order valence-corrected chi connectivity index (χ0v) is 62.0. The van der Waals surface area contributed by atoms with Crippen molar-refractivity contribution in [3.63, 3.8) is 0 Å². The maximum Gasteiger partial charge on any atom is 0.472 e. The fraction of sp³-hybridized carbons (Fsp3) is 0.658. The summed E-state index contributed by atoms with van der Waals surface area (Å²) in [7, 11) is -9.80. The molecule has 0 fully saturated rings. The Morgan fingerprint density at radius 2 is 0.567 bits per heavy atom. The van der Waals surface area contributed by atoms with Crippen LogP contribution in [0.5, 0.6) is 0 Å². The van der Waals surface area contributed by atoms with Gasteiger partial charge in [0.1, 0.15) is 25.4 Å². The van der Waals surface area contributed by atoms with Gasteiger partial charge in [-0.2, -0.15) is 0 Å². The number of hydrogen-bond donors (Lipinski definition) is 4. The summed E-state index contributed by atoms with van der Waals surface area (Å²) in [5.41, 5.74) is 0. The maximum absolute atomic E-state index is 12.9. The molecule has 0 radical (unpaired) electrons. The zero-order valence-electron chi connectivity index (χ0n) is 60.2. The Hall–Kier alpha value is -4.57. The number of aliphatic hydroxyl groups excluding tert-OH is 2. The highest BCUT2D eigenvalue weighted by Gasteiger charge is 2.29. The molecule has 4 N–H and O–H groups in total. The van der Waals surface area contributed by atoms with E-state index in [1.165, 1.54) is 51.4 Å². The molecule has 5 unspecified atom stereocenters. The number of rotatable bonds is 69. The quantitative estimate of drug-likeness (QED) is 0.0146. The summed E-state index contributed by atoms with van der Waals surface area (Å²) in [4.78, 5) is 58.5. The topological polar surface area (TPSA) is 231 Å². The fourth-order valence-electron chi connectivity index (χ4n) is 9.36. The second-order valence-corrected chi connectivity index (χ2v) is 27.3. The number of phosphoric ester groups is 2. The molecule has 0 bridgehead atoms. The van der Waals surface area contributed by atoms with Crippen LogP contribution in [0.15, 0.2) is 146 Å². The van der Waals surface area contributed by atoms with Gasteiger partial charge < -0.3 is 34.2 Å². The van der Waals surface area contributed by atoms with E-state index in [-0.39, 0.29) is 19.3 Å². The van der Waals surface area contributed by atoms with E-state index in [2.05, 4.69) is 167 Å². The van der Waals surface area contributed by atoms with Gasteiger partial charge in [0.2, 0.25) is 0 Å². The molecule has 0 aliphatic heterocycles. The average Bonchev–Trinajstić information content (AvgIpc) is 1.87. The lowest BCUT2D eigenvalue weighted by molar-refractivity contribution is -0.161. The van der Waals surface area contributed by atoms with E-state index < -0.39 is 91.5 Å². The number of aliphatic hydroxyl groups is 2. The SMILES string of the molecule is CC/C=C\C/C=C\C/C=C\C/C=C\C/C=C\C/C=C\CCCCCCC(=O)OCC(COP(=O)(O)OCC(O)COP(=O)(O)OCC(O)COC(=O)CCCCCCCCCCC/C=C\C/C=C\C/C=C\C/C=C\CCCCC)OC(=O)CCCCCCC/C=C\C/C=C\CCC. The molecule has 5 atom stereocenters. The van der Waals surface area contributed by atoms with E-state index in [9.17, 15) is 43.5 Å². The van der Waals surface area contributed by atoms with E-state index in [1.54, 1.807) is 0 Å². The number of ether oxygens (including phenoxy) is 3. The lowest BCUT2D eigenvalue weighted by Gasteiger charge is -2.21. The van der Waals surface area contributed by atoms with E-state index in [1.807, 2.05) is 0 Å². The minimum Gasteiger partial charge on any atom is -0.463 e. The van der Waals surface area contributed by atoms with Crippen molar-refractivity contribution in [2.75, 3.05) is 39.6 Å². The van der Waals surface area contributed by atoms with E-state index in [0.717, 1.165) is 167 Å². The van der Waals surface area contributed by atoms with Gasteiger partial charge in [0.15, 0.2) is 6.10 Å². The molecule has 0 saturated heterocycles. The minimum atomic E-state index is -4.94. The van der Waals surface area contributed by atoms with Crippen LogP contribution in [-0.2, 0) is 55.8 Å². The van der Waals surface area contributed by atoms with E-state index in [4.69, 9.17) is 32.3 Å². The number of carbonyl (C=O) groups is 3. The second-order valence-electron chi connectivity index (χ2n) is 24.4. The summed E-state index contributed by atoms with van der Waals surface area (Å²) >= 11 is 0. The molecule has 16 nitrogen and oxygen atoms in total. The van der Waals surface area contributed by atoms with Crippen molar-refractivity contribution in [1.82, 2.24) is 0 Å². The van der Waals surface area contributed by atoms with Crippen LogP contribution in [0.3, 0.4) is 0 Å². The van der Waals surface area contributed by atoms with Gasteiger partial charge in [0, 0.05) is 19.3 Å². The molecule has 0 aromatic heterocycles. The molecular weight excluding hydrogens is 1270 g/mol. The number of esters is 3. The van der Waals surface area contributed by atoms with Crippen molar-refractivity contribution >= 4 is 33.6 Å². The molecule has 0 heterocycles. The third kappa shape index (κ3) is 72.5. The largest absolute Gasteiger partial charge is 0.472 e. The highest BCUT2D eigenvalue weighted by Crippen LogP contribution is 2.45. The summed E-state index contributed by atoms with van der Waals surface area (Å²) in [6, 6.07) is 0. The Morgan fingerprint density at radius 1 is 0.299 bits per heavy atom. The van der Waals surface area contributed by atoms with Gasteiger partial charge in [-0.25, -0.2) is 9.13 Å². The molecule has 0 aliphatic rings. The van der Waals surface area contributed by atoms with Crippen molar-refractivity contribution in [1.29, 1.82) is 0 Å². The molecule has 554 valence electrons. The van der Waals surface area contributed by atoms with Crippen LogP contribution >= 0.6 is 15.6 Å². The standard InChI is InChI=1S/C79H132O16P2/c1-4-7-10-13-16-19-22-25-27-29-31-33-35-36-38-40-41-43-45-48-50-53-56-59-62-65-77(82)89-68-74(80)69-91-96(85,86)92-70-75(81)71-93-97(87,88)94-73-76(95-79(84)67-64-61-58-55-52-47-24-21-18-15-12-9-6-3)72-90-78(83)66-63-60-57-54-51-49-46-44-42-39-37-34-32-30-28-26-23-20-17-14-11-8-5-2/h8,11-12,15-17,19-21,24-28,31-34,36,38-39,42,46,49,74-76,80-81H,4-7,9-10,13-14,18,22-23,29-30,35,37,40-41,43-45,47-48,50-73H2,1-3H3,(H,85,86)(H,87,88)/b11-8-,15-12-,19-16-,20-17-,24-21-,27-25-,28-26-,33-31-,34-32-,38-36-,42-39-,49-46-. The minimum absolute atomic E-state index is 0.0773. The molecule has 0 aromatic rings. The van der Waals surface area contributed by atoms with Crippen LogP contribution in [0, 0.1) is 0 Å². The second kappa shape index (κ2) is 71.3. The van der Waals surface area contributed by atoms with Gasteiger partial charge in [-0.05, 0) is 141 Å². The van der Waals surface area contributed by atoms with Crippen LogP contribution in [0.2, 0.25) is 0 Å². The van der Waals surface area contributed by atoms with Gasteiger partial charge in [-0.15, -0.1) is 0 Å². The molecule has 0 aromatic carbocycles. The van der Waals surface area contributed by atoms with Gasteiger partial charge in [-0.3, -0.25) is 32.5 Å². The number of allylic oxidation sites excluding steroid dienone is 24. The Labute approximate surface area is 587 Å². The number of carbonyl (C=O) groups excluding carboxylic acids is 3. The monoisotopic (exact) mass is 1400 g/mol. The van der Waals surface area contributed by atoms with Gasteiger partial charge >= 0.3 is 33.6 Å². The normalized spacial score (nSPS) is 14.9. The first-order valence-electron chi connectivity index (χ1n) is 37.1. The Kier molecular flexibility index (Phi) is 67.9. The smallest absolute Gasteiger partial charge is 0.463 e. The van der Waals surface area contributed by atoms with Gasteiger partial charge in [0.25, 0.3) is 0 Å². The number of unbranched alkanes of at least 4 members (excludes halogenated alkanes) is 22. The molecular formula is C79H132O16P2. The van der Waals surface area contributed by atoms with Gasteiger partial charge in [0.05, 0.1) is 26.4 Å². The van der Waals surface area contributed by atoms with Crippen molar-refractivity contribution in [2.24, 2.45) is 0 Å². The predicted octanol–water partition coefficient (Wildman–Crippen LogP) is 21.3. The van der Waals surface area contributed by atoms with Crippen molar-refractivity contribution in [3.8, 4) is 0 Å². The van der Waals surface area contributed by atoms with E-state index >= 15 is 0 Å². The van der Waals surface area contributed by atoms with Crippen LogP contribution in [-0.4, -0.2) is 95.9 Å². The lowest BCUT2D eigenvalue weighted by Crippen LogP contribution is -2.30. The van der Waals surface area contributed by atoms with Crippen molar-refractivity contribution < 1.29 is 75.8 Å². The maximum atomic E-state index is 12.9. The molecule has 0 saturated carbocycles. The first kappa shape index (κ1) is 92.4. The Morgan fingerprint density at radius 3 is 0.907 bits per heavy atom. The highest BCUT2D eigenvalue weighted by molar-refractivity contribution is 7.47. The Balaban J connectivity index is 4.62. The van der Waals surface area contributed by atoms with Gasteiger partial charge in [-0.1, -0.05) is 263 Å². The zero-order chi connectivity index (χ0) is 70.9. The molecule has 18 heteroatoms. The Bertz CT molecular complexity index is 2350. The van der Waals surface area contributed by atoms with E-state index in [0.29, 0.717) is 19.3 Å². The third-order valence-electron chi connectivity index (χ3n) is 15.0. The highest BCUT2D eigenvalue weighted by atomic mass is 31.2. The van der Waals surface area contributed by atoms with Crippen LogP contribution < -0.4 is 0 Å². The van der Waals surface area contributed by atoms with Crippen molar-refractivity contribution in [2.45, 2.75) is 296 Å². The first-order chi connectivity index (χ1) is 47.2. The number of hydrogen-bond acceptors (Lipinski definition) is 14. The average molecular weight is 1400 g/mol. The summed E-state index contributed by atoms with van der Waals surface area (Å²) in [5.74, 6) is -1.63. The van der Waals surface area contributed by atoms with Crippen LogP contribution in [0.4, 0.5) is 0 Å².